The van der Waals surface area contributed by atoms with Gasteiger partial charge in [-0.25, -0.2) is 0 Å². The van der Waals surface area contributed by atoms with Gasteiger partial charge < -0.3 is 25.8 Å². The number of benzene rings is 1. The number of carbonyl (C=O) groups is 1. The topological polar surface area (TPSA) is 113 Å². The van der Waals surface area contributed by atoms with Crippen molar-refractivity contribution < 1.29 is 24.9 Å². The molecule has 0 bridgehead atoms. The highest BCUT2D eigenvalue weighted by atomic mass is 16.6. The molecule has 1 saturated heterocycles. The molecular weight excluding hydrogens is 238 g/mol. The fourth-order valence-electron chi connectivity index (χ4n) is 2.04. The molecule has 1 aromatic carbocycles. The van der Waals surface area contributed by atoms with E-state index in [1.165, 1.54) is 6.07 Å². The minimum atomic E-state index is -1.16. The number of hydrogen-bond acceptors (Lipinski definition) is 5. The summed E-state index contributed by atoms with van der Waals surface area (Å²) in [5, 5.41) is 28.5. The highest BCUT2D eigenvalue weighted by Crippen LogP contribution is 2.33. The van der Waals surface area contributed by atoms with Gasteiger partial charge in [0.25, 0.3) is 0 Å². The van der Waals surface area contributed by atoms with Crippen molar-refractivity contribution in [3.63, 3.8) is 0 Å². The van der Waals surface area contributed by atoms with Crippen LogP contribution in [-0.2, 0) is 4.74 Å². The molecule has 0 unspecified atom stereocenters. The van der Waals surface area contributed by atoms with Crippen LogP contribution in [0.3, 0.4) is 0 Å². The van der Waals surface area contributed by atoms with Crippen LogP contribution in [0.5, 0.6) is 0 Å². The molecule has 5 N–H and O–H groups in total. The van der Waals surface area contributed by atoms with Gasteiger partial charge in [0.15, 0.2) is 0 Å². The van der Waals surface area contributed by atoms with Gasteiger partial charge in [-0.3, -0.25) is 4.79 Å². The minimum Gasteiger partial charge on any atom is -0.394 e. The normalized spacial score (nSPS) is 31.5. The quantitative estimate of drug-likeness (QED) is 0.548. The summed E-state index contributed by atoms with van der Waals surface area (Å²) in [6.07, 6.45) is -3.92. The summed E-state index contributed by atoms with van der Waals surface area (Å²) < 4.78 is 5.35. The van der Waals surface area contributed by atoms with Gasteiger partial charge in [0.2, 0.25) is 5.91 Å². The van der Waals surface area contributed by atoms with Gasteiger partial charge >= 0.3 is 0 Å². The van der Waals surface area contributed by atoms with Crippen LogP contribution >= 0.6 is 0 Å². The maximum Gasteiger partial charge on any atom is 0.248 e. The first-order chi connectivity index (χ1) is 8.54. The molecule has 1 aromatic rings. The van der Waals surface area contributed by atoms with Crippen molar-refractivity contribution in [2.45, 2.75) is 24.4 Å². The first kappa shape index (κ1) is 13.0. The Morgan fingerprint density at radius 2 is 2.06 bits per heavy atom. The number of carbonyl (C=O) groups excluding carboxylic acids is 1. The van der Waals surface area contributed by atoms with Gasteiger partial charge in [0.05, 0.1) is 6.61 Å². The van der Waals surface area contributed by atoms with Crippen LogP contribution in [0.2, 0.25) is 0 Å². The van der Waals surface area contributed by atoms with Crippen LogP contribution in [-0.4, -0.2) is 46.1 Å². The molecule has 1 aliphatic rings. The number of primary amides is 1. The average Bonchev–Trinajstić information content (AvgIpc) is 2.66. The van der Waals surface area contributed by atoms with Crippen molar-refractivity contribution in [3.05, 3.63) is 35.4 Å². The first-order valence-electron chi connectivity index (χ1n) is 5.57. The maximum absolute atomic E-state index is 11.1. The molecule has 6 nitrogen and oxygen atoms in total. The standard InChI is InChI=1S/C12H15NO5/c13-12(17)7-3-1-2-6(4-7)11-10(16)9(15)8(5-14)18-11/h1-4,8-11,14-16H,5H2,(H2,13,17)/t8-,9+,10-,11-/m0/s1. The zero-order chi connectivity index (χ0) is 13.3. The van der Waals surface area contributed by atoms with Crippen LogP contribution in [0.15, 0.2) is 24.3 Å². The Kier molecular flexibility index (Phi) is 3.63. The van der Waals surface area contributed by atoms with Gasteiger partial charge in [0.1, 0.15) is 24.4 Å². The van der Waals surface area contributed by atoms with E-state index in [0.29, 0.717) is 11.1 Å². The Hall–Kier alpha value is -1.47. The molecular formula is C12H15NO5. The van der Waals surface area contributed by atoms with Crippen molar-refractivity contribution in [3.8, 4) is 0 Å². The first-order valence-corrected chi connectivity index (χ1v) is 5.57. The van der Waals surface area contributed by atoms with Crippen LogP contribution in [0.1, 0.15) is 22.0 Å². The lowest BCUT2D eigenvalue weighted by molar-refractivity contribution is -0.0227. The third-order valence-electron chi connectivity index (χ3n) is 3.04. The van der Waals surface area contributed by atoms with Crippen molar-refractivity contribution >= 4 is 5.91 Å². The number of nitrogens with two attached hydrogens (primary N) is 1. The Labute approximate surface area is 104 Å². The lowest BCUT2D eigenvalue weighted by Gasteiger charge is -2.15. The third kappa shape index (κ3) is 2.23. The van der Waals surface area contributed by atoms with Gasteiger partial charge in [0, 0.05) is 5.56 Å². The molecule has 0 aromatic heterocycles. The molecule has 0 saturated carbocycles. The van der Waals surface area contributed by atoms with E-state index in [1.54, 1.807) is 18.2 Å². The summed E-state index contributed by atoms with van der Waals surface area (Å²) in [4.78, 5) is 11.1. The summed E-state index contributed by atoms with van der Waals surface area (Å²) in [5.41, 5.74) is 6.00. The van der Waals surface area contributed by atoms with E-state index < -0.39 is 30.3 Å². The van der Waals surface area contributed by atoms with Crippen molar-refractivity contribution in [2.75, 3.05) is 6.61 Å². The van der Waals surface area contributed by atoms with Gasteiger partial charge in [-0.1, -0.05) is 12.1 Å². The second-order valence-corrected chi connectivity index (χ2v) is 4.25. The molecule has 1 heterocycles. The predicted molar refractivity (Wildman–Crippen MR) is 61.7 cm³/mol. The molecule has 6 heteroatoms. The predicted octanol–water partition coefficient (Wildman–Crippen LogP) is -1.06. The molecule has 0 aliphatic carbocycles. The zero-order valence-corrected chi connectivity index (χ0v) is 9.56. The van der Waals surface area contributed by atoms with E-state index in [-0.39, 0.29) is 6.61 Å². The number of amides is 1. The number of aliphatic hydroxyl groups is 3. The zero-order valence-electron chi connectivity index (χ0n) is 9.56. The largest absolute Gasteiger partial charge is 0.394 e. The highest BCUT2D eigenvalue weighted by molar-refractivity contribution is 5.92. The van der Waals surface area contributed by atoms with Gasteiger partial charge in [-0.05, 0) is 17.7 Å². The Morgan fingerprint density at radius 1 is 1.33 bits per heavy atom. The van der Waals surface area contributed by atoms with Gasteiger partial charge in [-0.15, -0.1) is 0 Å². The number of aliphatic hydroxyl groups excluding tert-OH is 3. The summed E-state index contributed by atoms with van der Waals surface area (Å²) in [7, 11) is 0. The highest BCUT2D eigenvalue weighted by Gasteiger charge is 2.42. The Bertz CT molecular complexity index is 450. The minimum absolute atomic E-state index is 0.297. The molecule has 1 fully saturated rings. The molecule has 2 rings (SSSR count). The SMILES string of the molecule is NC(=O)c1cccc([C@@H]2O[C@@H](CO)[C@@H](O)[C@@H]2O)c1. The van der Waals surface area contributed by atoms with Gasteiger partial charge in [-0.2, -0.15) is 0 Å². The van der Waals surface area contributed by atoms with Crippen LogP contribution in [0, 0.1) is 0 Å². The summed E-state index contributed by atoms with van der Waals surface area (Å²) in [6, 6.07) is 6.33. The molecule has 0 radical (unpaired) electrons. The van der Waals surface area contributed by atoms with E-state index in [2.05, 4.69) is 0 Å². The van der Waals surface area contributed by atoms with E-state index >= 15 is 0 Å². The number of hydrogen-bond donors (Lipinski definition) is 4. The van der Waals surface area contributed by atoms with E-state index in [0.717, 1.165) is 0 Å². The molecule has 1 amide bonds. The molecule has 4 atom stereocenters. The number of rotatable bonds is 3. The monoisotopic (exact) mass is 253 g/mol. The molecule has 18 heavy (non-hydrogen) atoms. The van der Waals surface area contributed by atoms with Crippen LogP contribution in [0.4, 0.5) is 0 Å². The average molecular weight is 253 g/mol. The van der Waals surface area contributed by atoms with E-state index in [9.17, 15) is 15.0 Å². The van der Waals surface area contributed by atoms with Crippen molar-refractivity contribution in [1.82, 2.24) is 0 Å². The van der Waals surface area contributed by atoms with Crippen LogP contribution in [0.25, 0.3) is 0 Å². The molecule has 1 aliphatic heterocycles. The number of ether oxygens (including phenoxy) is 1. The molecule has 98 valence electrons. The lowest BCUT2D eigenvalue weighted by atomic mass is 10.00. The van der Waals surface area contributed by atoms with E-state index in [4.69, 9.17) is 15.6 Å². The Morgan fingerprint density at radius 3 is 2.61 bits per heavy atom. The fourth-order valence-corrected chi connectivity index (χ4v) is 2.04. The smallest absolute Gasteiger partial charge is 0.248 e. The Balaban J connectivity index is 2.27. The van der Waals surface area contributed by atoms with Crippen molar-refractivity contribution in [1.29, 1.82) is 0 Å². The molecule has 0 spiro atoms. The second kappa shape index (κ2) is 5.03. The summed E-state index contributed by atoms with van der Waals surface area (Å²) >= 11 is 0. The summed E-state index contributed by atoms with van der Waals surface area (Å²) in [5.74, 6) is -0.580. The lowest BCUT2D eigenvalue weighted by Crippen LogP contribution is -2.32. The van der Waals surface area contributed by atoms with E-state index in [1.807, 2.05) is 0 Å². The van der Waals surface area contributed by atoms with Crippen LogP contribution < -0.4 is 5.73 Å². The maximum atomic E-state index is 11.1. The van der Waals surface area contributed by atoms with Crippen molar-refractivity contribution in [2.24, 2.45) is 5.73 Å². The fraction of sp³-hybridized carbons (Fsp3) is 0.417. The third-order valence-corrected chi connectivity index (χ3v) is 3.04. The second-order valence-electron chi connectivity index (χ2n) is 4.25. The summed E-state index contributed by atoms with van der Waals surface area (Å²) in [6.45, 7) is -0.385.